The van der Waals surface area contributed by atoms with Crippen LogP contribution in [-0.4, -0.2) is 47.7 Å². The molecule has 0 saturated carbocycles. The van der Waals surface area contributed by atoms with Crippen LogP contribution in [0.2, 0.25) is 0 Å². The van der Waals surface area contributed by atoms with E-state index in [0.29, 0.717) is 6.04 Å². The van der Waals surface area contributed by atoms with Gasteiger partial charge in [-0.15, -0.1) is 0 Å². The summed E-state index contributed by atoms with van der Waals surface area (Å²) < 4.78 is 0. The van der Waals surface area contributed by atoms with E-state index in [1.165, 1.54) is 5.56 Å². The minimum absolute atomic E-state index is 0.500. The van der Waals surface area contributed by atoms with Crippen molar-refractivity contribution >= 4 is 11.9 Å². The third-order valence-electron chi connectivity index (χ3n) is 2.79. The normalized spacial score (nSPS) is 11.4. The lowest BCUT2D eigenvalue weighted by atomic mass is 10.0. The van der Waals surface area contributed by atoms with Crippen molar-refractivity contribution < 1.29 is 19.8 Å². The fraction of sp³-hybridized carbons (Fsp3) is 0.467. The fourth-order valence-electron chi connectivity index (χ4n) is 1.84. The van der Waals surface area contributed by atoms with E-state index < -0.39 is 18.4 Å². The highest BCUT2D eigenvalue weighted by atomic mass is 16.4. The molecule has 0 bridgehead atoms. The summed E-state index contributed by atoms with van der Waals surface area (Å²) in [5.74, 6) is -2.62. The molecule has 4 N–H and O–H groups in total. The minimum Gasteiger partial charge on any atom is -0.481 e. The first-order valence-electron chi connectivity index (χ1n) is 6.73. The molecule has 1 aromatic carbocycles. The molecule has 0 fully saturated rings. The fourth-order valence-corrected chi connectivity index (χ4v) is 1.84. The van der Waals surface area contributed by atoms with Gasteiger partial charge in [0.1, 0.15) is 6.42 Å². The zero-order valence-electron chi connectivity index (χ0n) is 12.5. The summed E-state index contributed by atoms with van der Waals surface area (Å²) in [6.45, 7) is 0.775. The Morgan fingerprint density at radius 3 is 2.00 bits per heavy atom. The van der Waals surface area contributed by atoms with E-state index in [0.717, 1.165) is 19.4 Å². The van der Waals surface area contributed by atoms with Gasteiger partial charge in [-0.3, -0.25) is 9.59 Å². The maximum atomic E-state index is 9.43. The predicted molar refractivity (Wildman–Crippen MR) is 81.0 cm³/mol. The predicted octanol–water partition coefficient (Wildman–Crippen LogP) is 1.57. The Balaban J connectivity index is 0.000000486. The second kappa shape index (κ2) is 10.8. The number of aliphatic carboxylic acids is 2. The van der Waals surface area contributed by atoms with Crippen LogP contribution in [0.15, 0.2) is 30.3 Å². The lowest BCUT2D eigenvalue weighted by molar-refractivity contribution is -0.147. The summed E-state index contributed by atoms with van der Waals surface area (Å²) in [4.78, 5) is 21.1. The number of carboxylic acid groups (broad SMARTS) is 2. The SMILES string of the molecule is CN(C)C(CCCN)c1ccccc1.O=C(O)CC(=O)O. The molecule has 1 unspecified atom stereocenters. The van der Waals surface area contributed by atoms with Gasteiger partial charge in [0, 0.05) is 6.04 Å². The number of nitrogens with two attached hydrogens (primary N) is 1. The van der Waals surface area contributed by atoms with Crippen LogP contribution in [-0.2, 0) is 9.59 Å². The highest BCUT2D eigenvalue weighted by Gasteiger charge is 2.12. The molecular weight excluding hydrogens is 272 g/mol. The van der Waals surface area contributed by atoms with Gasteiger partial charge in [-0.05, 0) is 39.0 Å². The van der Waals surface area contributed by atoms with Gasteiger partial charge in [-0.2, -0.15) is 0 Å². The van der Waals surface area contributed by atoms with Crippen LogP contribution in [0, 0.1) is 0 Å². The molecule has 6 heteroatoms. The van der Waals surface area contributed by atoms with Gasteiger partial charge in [0.2, 0.25) is 0 Å². The molecule has 118 valence electrons. The molecule has 1 rings (SSSR count). The second-order valence-electron chi connectivity index (χ2n) is 4.79. The molecule has 0 heterocycles. The zero-order valence-corrected chi connectivity index (χ0v) is 12.5. The van der Waals surface area contributed by atoms with Gasteiger partial charge in [0.15, 0.2) is 0 Å². The third-order valence-corrected chi connectivity index (χ3v) is 2.79. The second-order valence-corrected chi connectivity index (χ2v) is 4.79. The van der Waals surface area contributed by atoms with Crippen LogP contribution in [0.1, 0.15) is 30.9 Å². The summed E-state index contributed by atoms with van der Waals surface area (Å²) in [5.41, 5.74) is 6.92. The Kier molecular flexibility index (Phi) is 9.83. The topological polar surface area (TPSA) is 104 Å². The summed E-state index contributed by atoms with van der Waals surface area (Å²) in [5, 5.41) is 15.4. The van der Waals surface area contributed by atoms with Gasteiger partial charge in [0.05, 0.1) is 0 Å². The highest BCUT2D eigenvalue weighted by Crippen LogP contribution is 2.22. The van der Waals surface area contributed by atoms with E-state index in [9.17, 15) is 9.59 Å². The van der Waals surface area contributed by atoms with Gasteiger partial charge in [0.25, 0.3) is 0 Å². The van der Waals surface area contributed by atoms with E-state index in [2.05, 4.69) is 49.3 Å². The first-order valence-corrected chi connectivity index (χ1v) is 6.73. The molecule has 0 aliphatic heterocycles. The Morgan fingerprint density at radius 1 is 1.14 bits per heavy atom. The number of rotatable bonds is 7. The van der Waals surface area contributed by atoms with E-state index in [-0.39, 0.29) is 0 Å². The Hall–Kier alpha value is -1.92. The third kappa shape index (κ3) is 9.59. The average Bonchev–Trinajstić information content (AvgIpc) is 2.39. The smallest absolute Gasteiger partial charge is 0.314 e. The molecule has 1 aromatic rings. The lowest BCUT2D eigenvalue weighted by Gasteiger charge is -2.24. The van der Waals surface area contributed by atoms with E-state index in [4.69, 9.17) is 15.9 Å². The molecule has 0 amide bonds. The zero-order chi connectivity index (χ0) is 16.3. The maximum absolute atomic E-state index is 9.43. The van der Waals surface area contributed by atoms with Crippen molar-refractivity contribution in [3.05, 3.63) is 35.9 Å². The average molecular weight is 296 g/mol. The largest absolute Gasteiger partial charge is 0.481 e. The number of carbonyl (C=O) groups is 2. The molecule has 0 saturated heterocycles. The van der Waals surface area contributed by atoms with Gasteiger partial charge in [-0.1, -0.05) is 30.3 Å². The molecule has 21 heavy (non-hydrogen) atoms. The molecule has 6 nitrogen and oxygen atoms in total. The summed E-state index contributed by atoms with van der Waals surface area (Å²) >= 11 is 0. The van der Waals surface area contributed by atoms with Crippen molar-refractivity contribution in [3.8, 4) is 0 Å². The highest BCUT2D eigenvalue weighted by molar-refractivity contribution is 5.88. The first-order chi connectivity index (χ1) is 9.88. The van der Waals surface area contributed by atoms with E-state index in [1.807, 2.05) is 0 Å². The van der Waals surface area contributed by atoms with Gasteiger partial charge < -0.3 is 20.8 Å². The van der Waals surface area contributed by atoms with Crippen molar-refractivity contribution in [1.82, 2.24) is 4.90 Å². The number of carboxylic acids is 2. The molecule has 0 radical (unpaired) electrons. The molecule has 0 aliphatic rings. The van der Waals surface area contributed by atoms with E-state index in [1.54, 1.807) is 0 Å². The standard InChI is InChI=1S/C12H20N2.C3H4O4/c1-14(2)12(9-6-10-13)11-7-4-3-5-8-11;4-2(5)1-3(6)7/h3-5,7-8,12H,6,9-10,13H2,1-2H3;1H2,(H,4,5)(H,6,7). The summed E-state index contributed by atoms with van der Waals surface area (Å²) in [7, 11) is 4.24. The molecular formula is C15H24N2O4. The molecule has 0 aromatic heterocycles. The van der Waals surface area contributed by atoms with Crippen molar-refractivity contribution in [2.24, 2.45) is 5.73 Å². The lowest BCUT2D eigenvalue weighted by Crippen LogP contribution is -2.20. The Bertz CT molecular complexity index is 409. The first kappa shape index (κ1) is 19.1. The van der Waals surface area contributed by atoms with Crippen molar-refractivity contribution in [2.45, 2.75) is 25.3 Å². The van der Waals surface area contributed by atoms with Crippen LogP contribution in [0.3, 0.4) is 0 Å². The van der Waals surface area contributed by atoms with Gasteiger partial charge >= 0.3 is 11.9 Å². The Morgan fingerprint density at radius 2 is 1.67 bits per heavy atom. The van der Waals surface area contributed by atoms with Crippen LogP contribution in [0.5, 0.6) is 0 Å². The number of hydrogen-bond donors (Lipinski definition) is 3. The maximum Gasteiger partial charge on any atom is 0.314 e. The number of hydrogen-bond acceptors (Lipinski definition) is 4. The Labute approximate surface area is 125 Å². The van der Waals surface area contributed by atoms with Crippen LogP contribution in [0.25, 0.3) is 0 Å². The number of nitrogens with zero attached hydrogens (tertiary/aromatic N) is 1. The minimum atomic E-state index is -1.31. The number of benzene rings is 1. The quantitative estimate of drug-likeness (QED) is 0.660. The van der Waals surface area contributed by atoms with Crippen molar-refractivity contribution in [2.75, 3.05) is 20.6 Å². The molecule has 0 aliphatic carbocycles. The van der Waals surface area contributed by atoms with Crippen LogP contribution < -0.4 is 5.73 Å². The molecule has 1 atom stereocenters. The van der Waals surface area contributed by atoms with Crippen LogP contribution in [0.4, 0.5) is 0 Å². The van der Waals surface area contributed by atoms with Gasteiger partial charge in [-0.25, -0.2) is 0 Å². The monoisotopic (exact) mass is 296 g/mol. The summed E-state index contributed by atoms with van der Waals surface area (Å²) in [6, 6.07) is 11.1. The molecule has 0 spiro atoms. The van der Waals surface area contributed by atoms with Crippen molar-refractivity contribution in [1.29, 1.82) is 0 Å². The van der Waals surface area contributed by atoms with E-state index >= 15 is 0 Å². The van der Waals surface area contributed by atoms with Crippen LogP contribution >= 0.6 is 0 Å². The summed E-state index contributed by atoms with van der Waals surface area (Å²) in [6.07, 6.45) is 1.41. The van der Waals surface area contributed by atoms with Crippen molar-refractivity contribution in [3.63, 3.8) is 0 Å².